The molecular formula is C16H14F4N2O4. The quantitative estimate of drug-likeness (QED) is 0.822. The van der Waals surface area contributed by atoms with Crippen molar-refractivity contribution in [2.24, 2.45) is 17.0 Å². The lowest BCUT2D eigenvalue weighted by molar-refractivity contribution is -0.188. The van der Waals surface area contributed by atoms with E-state index in [1.54, 1.807) is 6.07 Å². The van der Waals surface area contributed by atoms with Crippen molar-refractivity contribution in [3.05, 3.63) is 35.6 Å². The fourth-order valence-electron chi connectivity index (χ4n) is 3.12. The minimum atomic E-state index is -4.72. The van der Waals surface area contributed by atoms with Crippen molar-refractivity contribution in [3.63, 3.8) is 0 Å². The van der Waals surface area contributed by atoms with E-state index in [0.717, 1.165) is 4.90 Å². The second-order valence-electron chi connectivity index (χ2n) is 6.18. The lowest BCUT2D eigenvalue weighted by atomic mass is 9.96. The van der Waals surface area contributed by atoms with Gasteiger partial charge in [0.05, 0.1) is 17.5 Å². The lowest BCUT2D eigenvalue weighted by Crippen LogP contribution is -2.39. The van der Waals surface area contributed by atoms with Crippen molar-refractivity contribution >= 4 is 17.6 Å². The van der Waals surface area contributed by atoms with E-state index in [1.807, 2.05) is 0 Å². The average Bonchev–Trinajstić information content (AvgIpc) is 3.21. The molecule has 26 heavy (non-hydrogen) atoms. The number of likely N-dealkylation sites (tertiary alicyclic amines) is 1. The van der Waals surface area contributed by atoms with E-state index in [9.17, 15) is 27.2 Å². The summed E-state index contributed by atoms with van der Waals surface area (Å²) in [5, 5.41) is 12.7. The standard InChI is InChI=1S/C16H14F4N2O4/c17-9-3-1-2-8(4-9)12-5-13(26-21-12)14(23)22-6-10(15(24)25)11(7-22)16(18,19)20/h1-4,10-11,13H,5-7H2,(H,24,25)/t10-,11-,13?/m1/s1. The Morgan fingerprint density at radius 2 is 2.00 bits per heavy atom. The van der Waals surface area contributed by atoms with Gasteiger partial charge in [0.25, 0.3) is 5.91 Å². The van der Waals surface area contributed by atoms with Crippen molar-refractivity contribution in [3.8, 4) is 0 Å². The number of carboxylic acid groups (broad SMARTS) is 1. The Labute approximate surface area is 145 Å². The van der Waals surface area contributed by atoms with E-state index in [1.165, 1.54) is 18.2 Å². The number of hydrogen-bond donors (Lipinski definition) is 1. The smallest absolute Gasteiger partial charge is 0.394 e. The number of aliphatic carboxylic acids is 1. The van der Waals surface area contributed by atoms with Crippen molar-refractivity contribution < 1.29 is 37.1 Å². The molecule has 2 aliphatic heterocycles. The lowest BCUT2D eigenvalue weighted by Gasteiger charge is -2.20. The van der Waals surface area contributed by atoms with Gasteiger partial charge in [0.1, 0.15) is 5.82 Å². The van der Waals surface area contributed by atoms with Crippen LogP contribution in [-0.4, -0.2) is 53.0 Å². The van der Waals surface area contributed by atoms with Gasteiger partial charge in [-0.3, -0.25) is 9.59 Å². The van der Waals surface area contributed by atoms with Gasteiger partial charge in [0.15, 0.2) is 0 Å². The molecule has 1 unspecified atom stereocenters. The van der Waals surface area contributed by atoms with Crippen LogP contribution in [-0.2, 0) is 14.4 Å². The molecule has 3 rings (SSSR count). The third-order valence-corrected chi connectivity index (χ3v) is 4.47. The predicted molar refractivity (Wildman–Crippen MR) is 79.7 cm³/mol. The summed E-state index contributed by atoms with van der Waals surface area (Å²) in [5.74, 6) is -6.72. The van der Waals surface area contributed by atoms with E-state index < -0.39 is 54.9 Å². The summed E-state index contributed by atoms with van der Waals surface area (Å²) in [6, 6.07) is 5.45. The average molecular weight is 374 g/mol. The third kappa shape index (κ3) is 3.49. The van der Waals surface area contributed by atoms with Gasteiger partial charge < -0.3 is 14.8 Å². The Hall–Kier alpha value is -2.65. The van der Waals surface area contributed by atoms with Crippen LogP contribution in [0.4, 0.5) is 17.6 Å². The SMILES string of the molecule is O=C(O)[C@@H]1CN(C(=O)C2CC(c3cccc(F)c3)=NO2)C[C@H]1C(F)(F)F. The molecular weight excluding hydrogens is 360 g/mol. The van der Waals surface area contributed by atoms with Crippen LogP contribution >= 0.6 is 0 Å². The van der Waals surface area contributed by atoms with Gasteiger partial charge in [-0.05, 0) is 12.1 Å². The van der Waals surface area contributed by atoms with Crippen molar-refractivity contribution in [1.82, 2.24) is 4.90 Å². The van der Waals surface area contributed by atoms with Crippen LogP contribution in [0.2, 0.25) is 0 Å². The Bertz CT molecular complexity index is 765. The minimum Gasteiger partial charge on any atom is -0.481 e. The monoisotopic (exact) mass is 374 g/mol. The maximum Gasteiger partial charge on any atom is 0.394 e. The van der Waals surface area contributed by atoms with Crippen LogP contribution in [0.3, 0.4) is 0 Å². The largest absolute Gasteiger partial charge is 0.481 e. The van der Waals surface area contributed by atoms with E-state index in [4.69, 9.17) is 9.94 Å². The zero-order valence-corrected chi connectivity index (χ0v) is 13.2. The Balaban J connectivity index is 1.69. The van der Waals surface area contributed by atoms with E-state index in [2.05, 4.69) is 5.16 Å². The summed E-state index contributed by atoms with van der Waals surface area (Å²) in [6.07, 6.45) is -5.92. The molecule has 1 N–H and O–H groups in total. The highest BCUT2D eigenvalue weighted by Crippen LogP contribution is 2.38. The van der Waals surface area contributed by atoms with Crippen molar-refractivity contribution in [1.29, 1.82) is 0 Å². The third-order valence-electron chi connectivity index (χ3n) is 4.47. The molecule has 0 aromatic heterocycles. The molecule has 1 saturated heterocycles. The van der Waals surface area contributed by atoms with Gasteiger partial charge >= 0.3 is 12.1 Å². The molecule has 3 atom stereocenters. The van der Waals surface area contributed by atoms with Crippen LogP contribution in [0, 0.1) is 17.7 Å². The molecule has 10 heteroatoms. The molecule has 0 spiro atoms. The first-order valence-electron chi connectivity index (χ1n) is 7.73. The number of rotatable bonds is 3. The number of oxime groups is 1. The fraction of sp³-hybridized carbons (Fsp3) is 0.438. The highest BCUT2D eigenvalue weighted by molar-refractivity contribution is 6.04. The first-order chi connectivity index (χ1) is 12.2. The Morgan fingerprint density at radius 3 is 2.58 bits per heavy atom. The van der Waals surface area contributed by atoms with Crippen molar-refractivity contribution in [2.45, 2.75) is 18.7 Å². The molecule has 1 aromatic carbocycles. The van der Waals surface area contributed by atoms with Crippen LogP contribution in [0.5, 0.6) is 0 Å². The summed E-state index contributed by atoms with van der Waals surface area (Å²) < 4.78 is 52.3. The molecule has 0 radical (unpaired) electrons. The van der Waals surface area contributed by atoms with Gasteiger partial charge in [-0.15, -0.1) is 0 Å². The molecule has 0 aliphatic carbocycles. The number of alkyl halides is 3. The van der Waals surface area contributed by atoms with Gasteiger partial charge in [0, 0.05) is 25.1 Å². The normalized spacial score (nSPS) is 25.8. The Kier molecular flexibility index (Phi) is 4.59. The van der Waals surface area contributed by atoms with E-state index in [0.29, 0.717) is 11.3 Å². The predicted octanol–water partition coefficient (Wildman–Crippen LogP) is 2.04. The number of carboxylic acids is 1. The second-order valence-corrected chi connectivity index (χ2v) is 6.18. The topological polar surface area (TPSA) is 79.2 Å². The van der Waals surface area contributed by atoms with E-state index in [-0.39, 0.29) is 6.42 Å². The first kappa shape index (κ1) is 18.2. The molecule has 2 heterocycles. The van der Waals surface area contributed by atoms with Crippen LogP contribution in [0.1, 0.15) is 12.0 Å². The molecule has 1 fully saturated rings. The van der Waals surface area contributed by atoms with Gasteiger partial charge in [0.2, 0.25) is 6.10 Å². The number of amides is 1. The summed E-state index contributed by atoms with van der Waals surface area (Å²) in [6.45, 7) is -1.29. The van der Waals surface area contributed by atoms with Gasteiger partial charge in [-0.25, -0.2) is 4.39 Å². The highest BCUT2D eigenvalue weighted by atomic mass is 19.4. The van der Waals surface area contributed by atoms with Crippen LogP contribution in [0.25, 0.3) is 0 Å². The number of nitrogens with zero attached hydrogens (tertiary/aromatic N) is 2. The van der Waals surface area contributed by atoms with Crippen LogP contribution < -0.4 is 0 Å². The zero-order valence-electron chi connectivity index (χ0n) is 13.2. The number of carbonyl (C=O) groups excluding carboxylic acids is 1. The molecule has 2 aliphatic rings. The van der Waals surface area contributed by atoms with Gasteiger partial charge in [-0.2, -0.15) is 13.2 Å². The maximum absolute atomic E-state index is 13.3. The zero-order chi connectivity index (χ0) is 19.1. The second kappa shape index (κ2) is 6.58. The first-order valence-corrected chi connectivity index (χ1v) is 7.73. The van der Waals surface area contributed by atoms with Crippen molar-refractivity contribution in [2.75, 3.05) is 13.1 Å². The van der Waals surface area contributed by atoms with E-state index >= 15 is 0 Å². The molecule has 1 aromatic rings. The number of benzene rings is 1. The fourth-order valence-corrected chi connectivity index (χ4v) is 3.12. The summed E-state index contributed by atoms with van der Waals surface area (Å²) in [4.78, 5) is 29.4. The van der Waals surface area contributed by atoms with Gasteiger partial charge in [-0.1, -0.05) is 17.3 Å². The summed E-state index contributed by atoms with van der Waals surface area (Å²) >= 11 is 0. The van der Waals surface area contributed by atoms with Crippen LogP contribution in [0.15, 0.2) is 29.4 Å². The summed E-state index contributed by atoms with van der Waals surface area (Å²) in [7, 11) is 0. The molecule has 1 amide bonds. The molecule has 6 nitrogen and oxygen atoms in total. The molecule has 140 valence electrons. The number of hydrogen-bond acceptors (Lipinski definition) is 4. The minimum absolute atomic E-state index is 0.0345. The molecule has 0 saturated carbocycles. The maximum atomic E-state index is 13.3. The Morgan fingerprint density at radius 1 is 1.27 bits per heavy atom. The number of carbonyl (C=O) groups is 2. The summed E-state index contributed by atoms with van der Waals surface area (Å²) in [5.41, 5.74) is 0.697. The molecule has 0 bridgehead atoms. The number of halogens is 4. The highest BCUT2D eigenvalue weighted by Gasteiger charge is 2.54.